The van der Waals surface area contributed by atoms with Gasteiger partial charge in [0.1, 0.15) is 0 Å². The van der Waals surface area contributed by atoms with E-state index in [0.717, 1.165) is 0 Å². The van der Waals surface area contributed by atoms with Crippen LogP contribution in [0.25, 0.3) is 0 Å². The summed E-state index contributed by atoms with van der Waals surface area (Å²) in [7, 11) is 3.01. The summed E-state index contributed by atoms with van der Waals surface area (Å²) >= 11 is 0. The second kappa shape index (κ2) is 5.82. The third-order valence-electron chi connectivity index (χ3n) is 1.89. The van der Waals surface area contributed by atoms with Gasteiger partial charge in [-0.15, -0.1) is 0 Å². The Bertz CT molecular complexity index is 346. The Morgan fingerprint density at radius 3 is 2.31 bits per heavy atom. The summed E-state index contributed by atoms with van der Waals surface area (Å²) in [6.45, 7) is -0.201. The molecule has 0 aliphatic heterocycles. The first-order chi connectivity index (χ1) is 7.72. The molecule has 0 saturated carbocycles. The molecule has 88 valence electrons. The molecule has 16 heavy (non-hydrogen) atoms. The van der Waals surface area contributed by atoms with Crippen molar-refractivity contribution in [2.45, 2.75) is 0 Å². The molecular formula is C10H14N2O4. The zero-order chi connectivity index (χ0) is 12.0. The molecule has 1 amide bonds. The van der Waals surface area contributed by atoms with Crippen LogP contribution in [0.15, 0.2) is 18.2 Å². The van der Waals surface area contributed by atoms with E-state index in [1.165, 1.54) is 14.2 Å². The van der Waals surface area contributed by atoms with Gasteiger partial charge in [-0.25, -0.2) is 5.84 Å². The van der Waals surface area contributed by atoms with Gasteiger partial charge in [-0.2, -0.15) is 0 Å². The van der Waals surface area contributed by atoms with E-state index in [4.69, 9.17) is 20.1 Å². The average Bonchev–Trinajstić information content (AvgIpc) is 2.35. The van der Waals surface area contributed by atoms with Gasteiger partial charge in [-0.05, 0) is 12.1 Å². The van der Waals surface area contributed by atoms with E-state index in [-0.39, 0.29) is 6.61 Å². The Hall–Kier alpha value is -1.95. The molecule has 0 unspecified atom stereocenters. The fourth-order valence-electron chi connectivity index (χ4n) is 1.14. The molecule has 0 atom stereocenters. The third-order valence-corrected chi connectivity index (χ3v) is 1.89. The molecule has 1 aromatic rings. The Morgan fingerprint density at radius 1 is 1.31 bits per heavy atom. The lowest BCUT2D eigenvalue weighted by atomic mass is 10.3. The topological polar surface area (TPSA) is 82.8 Å². The number of nitrogens with one attached hydrogen (secondary N) is 1. The molecule has 0 heterocycles. The normalized spacial score (nSPS) is 9.44. The quantitative estimate of drug-likeness (QED) is 0.422. The van der Waals surface area contributed by atoms with Crippen molar-refractivity contribution in [1.29, 1.82) is 0 Å². The number of hydrazine groups is 1. The van der Waals surface area contributed by atoms with E-state index in [1.54, 1.807) is 18.2 Å². The number of rotatable bonds is 5. The third kappa shape index (κ3) is 2.77. The summed E-state index contributed by atoms with van der Waals surface area (Å²) in [5.41, 5.74) is 1.96. The SMILES string of the molecule is COc1cccc(OC)c1OCC(=O)NN. The number of hydrogen-bond donors (Lipinski definition) is 2. The molecule has 6 nitrogen and oxygen atoms in total. The molecular weight excluding hydrogens is 212 g/mol. The van der Waals surface area contributed by atoms with E-state index in [9.17, 15) is 4.79 Å². The molecule has 1 aromatic carbocycles. The lowest BCUT2D eigenvalue weighted by Crippen LogP contribution is -2.34. The maximum Gasteiger partial charge on any atom is 0.271 e. The first-order valence-electron chi connectivity index (χ1n) is 4.56. The van der Waals surface area contributed by atoms with Crippen LogP contribution in [0.3, 0.4) is 0 Å². The van der Waals surface area contributed by atoms with Crippen LogP contribution in [0.4, 0.5) is 0 Å². The zero-order valence-corrected chi connectivity index (χ0v) is 9.15. The number of hydrogen-bond acceptors (Lipinski definition) is 5. The number of methoxy groups -OCH3 is 2. The van der Waals surface area contributed by atoms with Crippen LogP contribution in [0.5, 0.6) is 17.2 Å². The maximum absolute atomic E-state index is 10.9. The van der Waals surface area contributed by atoms with Gasteiger partial charge in [-0.1, -0.05) is 6.07 Å². The predicted molar refractivity (Wildman–Crippen MR) is 57.4 cm³/mol. The van der Waals surface area contributed by atoms with Gasteiger partial charge >= 0.3 is 0 Å². The monoisotopic (exact) mass is 226 g/mol. The minimum atomic E-state index is -0.437. The largest absolute Gasteiger partial charge is 0.493 e. The molecule has 0 spiro atoms. The molecule has 0 aliphatic carbocycles. The molecule has 0 aliphatic rings. The van der Waals surface area contributed by atoms with Crippen molar-refractivity contribution in [3.05, 3.63) is 18.2 Å². The van der Waals surface area contributed by atoms with Gasteiger partial charge in [-0.3, -0.25) is 10.2 Å². The van der Waals surface area contributed by atoms with Crippen molar-refractivity contribution in [3.63, 3.8) is 0 Å². The van der Waals surface area contributed by atoms with Crippen molar-refractivity contribution in [3.8, 4) is 17.2 Å². The minimum absolute atomic E-state index is 0.201. The van der Waals surface area contributed by atoms with E-state index in [0.29, 0.717) is 17.2 Å². The molecule has 6 heteroatoms. The average molecular weight is 226 g/mol. The standard InChI is InChI=1S/C10H14N2O4/c1-14-7-4-3-5-8(15-2)10(7)16-6-9(13)12-11/h3-5H,6,11H2,1-2H3,(H,12,13). The molecule has 3 N–H and O–H groups in total. The van der Waals surface area contributed by atoms with Crippen molar-refractivity contribution in [2.24, 2.45) is 5.84 Å². The summed E-state index contributed by atoms with van der Waals surface area (Å²) in [6.07, 6.45) is 0. The van der Waals surface area contributed by atoms with Gasteiger partial charge in [0.25, 0.3) is 5.91 Å². The van der Waals surface area contributed by atoms with Crippen molar-refractivity contribution >= 4 is 5.91 Å². The van der Waals surface area contributed by atoms with Crippen LogP contribution in [-0.2, 0) is 4.79 Å². The minimum Gasteiger partial charge on any atom is -0.493 e. The summed E-state index contributed by atoms with van der Waals surface area (Å²) in [6, 6.07) is 5.17. The number of para-hydroxylation sites is 1. The summed E-state index contributed by atoms with van der Waals surface area (Å²) in [5.74, 6) is 5.85. The molecule has 0 radical (unpaired) electrons. The number of carbonyl (C=O) groups excluding carboxylic acids is 1. The highest BCUT2D eigenvalue weighted by Gasteiger charge is 2.12. The Morgan fingerprint density at radius 2 is 1.88 bits per heavy atom. The number of amides is 1. The Kier molecular flexibility index (Phi) is 4.41. The van der Waals surface area contributed by atoms with Crippen LogP contribution in [0.1, 0.15) is 0 Å². The Balaban J connectivity index is 2.86. The van der Waals surface area contributed by atoms with Gasteiger partial charge in [0.05, 0.1) is 14.2 Å². The molecule has 0 bridgehead atoms. The number of carbonyl (C=O) groups is 1. The van der Waals surface area contributed by atoms with E-state index in [2.05, 4.69) is 0 Å². The lowest BCUT2D eigenvalue weighted by Gasteiger charge is -2.13. The first-order valence-corrected chi connectivity index (χ1v) is 4.56. The van der Waals surface area contributed by atoms with Gasteiger partial charge in [0, 0.05) is 0 Å². The van der Waals surface area contributed by atoms with Crippen molar-refractivity contribution in [1.82, 2.24) is 5.43 Å². The molecule has 0 saturated heterocycles. The molecule has 0 aromatic heterocycles. The van der Waals surface area contributed by atoms with Gasteiger partial charge in [0.15, 0.2) is 18.1 Å². The highest BCUT2D eigenvalue weighted by Crippen LogP contribution is 2.36. The van der Waals surface area contributed by atoms with E-state index >= 15 is 0 Å². The van der Waals surface area contributed by atoms with E-state index in [1.807, 2.05) is 5.43 Å². The summed E-state index contributed by atoms with van der Waals surface area (Å²) in [5, 5.41) is 0. The zero-order valence-electron chi connectivity index (χ0n) is 9.15. The smallest absolute Gasteiger partial charge is 0.271 e. The predicted octanol–water partition coefficient (Wildman–Crippen LogP) is 0.0725. The van der Waals surface area contributed by atoms with E-state index < -0.39 is 5.91 Å². The second-order valence-electron chi connectivity index (χ2n) is 2.85. The van der Waals surface area contributed by atoms with Crippen LogP contribution < -0.4 is 25.5 Å². The van der Waals surface area contributed by atoms with Gasteiger partial charge in [0.2, 0.25) is 5.75 Å². The van der Waals surface area contributed by atoms with Crippen molar-refractivity contribution in [2.75, 3.05) is 20.8 Å². The summed E-state index contributed by atoms with van der Waals surface area (Å²) in [4.78, 5) is 10.9. The van der Waals surface area contributed by atoms with Crippen LogP contribution in [-0.4, -0.2) is 26.7 Å². The molecule has 1 rings (SSSR count). The highest BCUT2D eigenvalue weighted by molar-refractivity contribution is 5.77. The van der Waals surface area contributed by atoms with Crippen molar-refractivity contribution < 1.29 is 19.0 Å². The number of benzene rings is 1. The highest BCUT2D eigenvalue weighted by atomic mass is 16.5. The van der Waals surface area contributed by atoms with Crippen LogP contribution in [0, 0.1) is 0 Å². The first kappa shape index (κ1) is 12.1. The number of ether oxygens (including phenoxy) is 3. The molecule has 0 fully saturated rings. The fourth-order valence-corrected chi connectivity index (χ4v) is 1.14. The Labute approximate surface area is 93.3 Å². The lowest BCUT2D eigenvalue weighted by molar-refractivity contribution is -0.123. The van der Waals surface area contributed by atoms with Crippen LogP contribution >= 0.6 is 0 Å². The summed E-state index contributed by atoms with van der Waals surface area (Å²) < 4.78 is 15.4. The fraction of sp³-hybridized carbons (Fsp3) is 0.300. The number of nitrogens with two attached hydrogens (primary N) is 1. The van der Waals surface area contributed by atoms with Crippen LogP contribution in [0.2, 0.25) is 0 Å². The van der Waals surface area contributed by atoms with Gasteiger partial charge < -0.3 is 14.2 Å². The maximum atomic E-state index is 10.9. The second-order valence-corrected chi connectivity index (χ2v) is 2.85.